The van der Waals surface area contributed by atoms with Gasteiger partial charge in [0.15, 0.2) is 0 Å². The van der Waals surface area contributed by atoms with Crippen LogP contribution in [0.25, 0.3) is 0 Å². The van der Waals surface area contributed by atoms with E-state index < -0.39 is 0 Å². The monoisotopic (exact) mass is 258 g/mol. The molecule has 0 radical (unpaired) electrons. The molecular formula is C15H18N2O2. The molecular weight excluding hydrogens is 240 g/mol. The van der Waals surface area contributed by atoms with Crippen molar-refractivity contribution in [2.45, 2.75) is 26.8 Å². The summed E-state index contributed by atoms with van der Waals surface area (Å²) < 4.78 is 4.99. The average Bonchev–Trinajstić information content (AvgIpc) is 2.77. The zero-order valence-electron chi connectivity index (χ0n) is 11.5. The molecule has 1 heterocycles. The maximum Gasteiger partial charge on any atom is 0.227 e. The van der Waals surface area contributed by atoms with Gasteiger partial charge in [-0.05, 0) is 19.4 Å². The number of carbonyl (C=O) groups is 1. The molecule has 19 heavy (non-hydrogen) atoms. The highest BCUT2D eigenvalue weighted by atomic mass is 16.5. The summed E-state index contributed by atoms with van der Waals surface area (Å²) in [6.07, 6.45) is 0.410. The lowest BCUT2D eigenvalue weighted by atomic mass is 10.1. The lowest BCUT2D eigenvalue weighted by Crippen LogP contribution is -2.27. The Morgan fingerprint density at radius 1 is 1.26 bits per heavy atom. The number of aromatic nitrogens is 1. The predicted molar refractivity (Wildman–Crippen MR) is 72.6 cm³/mol. The molecule has 4 nitrogen and oxygen atoms in total. The molecule has 0 N–H and O–H groups in total. The van der Waals surface area contributed by atoms with Crippen LogP contribution in [0.15, 0.2) is 34.9 Å². The summed E-state index contributed by atoms with van der Waals surface area (Å²) in [6, 6.07) is 9.85. The summed E-state index contributed by atoms with van der Waals surface area (Å²) in [5.41, 5.74) is 3.00. The molecule has 100 valence electrons. The smallest absolute Gasteiger partial charge is 0.227 e. The number of benzene rings is 1. The zero-order valence-corrected chi connectivity index (χ0v) is 11.5. The fourth-order valence-corrected chi connectivity index (χ4v) is 1.84. The Morgan fingerprint density at radius 2 is 1.95 bits per heavy atom. The van der Waals surface area contributed by atoms with Crippen LogP contribution in [-0.4, -0.2) is 23.0 Å². The van der Waals surface area contributed by atoms with Crippen molar-refractivity contribution in [1.82, 2.24) is 10.1 Å². The van der Waals surface area contributed by atoms with Gasteiger partial charge in [0.25, 0.3) is 0 Å². The number of amides is 1. The van der Waals surface area contributed by atoms with Gasteiger partial charge < -0.3 is 9.42 Å². The van der Waals surface area contributed by atoms with Crippen molar-refractivity contribution in [2.75, 3.05) is 7.05 Å². The van der Waals surface area contributed by atoms with Gasteiger partial charge in [0, 0.05) is 13.1 Å². The molecule has 0 unspecified atom stereocenters. The highest BCUT2D eigenvalue weighted by molar-refractivity contribution is 5.78. The summed E-state index contributed by atoms with van der Waals surface area (Å²) in [5, 5.41) is 3.89. The minimum absolute atomic E-state index is 0.0736. The van der Waals surface area contributed by atoms with E-state index in [0.717, 1.165) is 17.0 Å². The van der Waals surface area contributed by atoms with Gasteiger partial charge in [0.2, 0.25) is 5.91 Å². The molecule has 1 amide bonds. The lowest BCUT2D eigenvalue weighted by Gasteiger charge is -2.15. The molecule has 0 aliphatic heterocycles. The van der Waals surface area contributed by atoms with E-state index in [1.165, 1.54) is 5.56 Å². The van der Waals surface area contributed by atoms with E-state index in [1.54, 1.807) is 11.9 Å². The molecule has 0 atom stereocenters. The first-order valence-electron chi connectivity index (χ1n) is 6.26. The average molecular weight is 258 g/mol. The Labute approximate surface area is 113 Å². The van der Waals surface area contributed by atoms with E-state index in [0.29, 0.717) is 13.0 Å². The highest BCUT2D eigenvalue weighted by Crippen LogP contribution is 2.08. The van der Waals surface area contributed by atoms with E-state index in [-0.39, 0.29) is 5.91 Å². The summed E-state index contributed by atoms with van der Waals surface area (Å²) in [4.78, 5) is 13.7. The first kappa shape index (κ1) is 13.3. The number of rotatable bonds is 4. The molecule has 0 aliphatic carbocycles. The van der Waals surface area contributed by atoms with Crippen LogP contribution < -0.4 is 0 Å². The normalized spacial score (nSPS) is 10.5. The van der Waals surface area contributed by atoms with Crippen LogP contribution in [0.2, 0.25) is 0 Å². The van der Waals surface area contributed by atoms with E-state index in [9.17, 15) is 4.79 Å². The van der Waals surface area contributed by atoms with Crippen molar-refractivity contribution in [3.63, 3.8) is 0 Å². The van der Waals surface area contributed by atoms with Crippen molar-refractivity contribution in [1.29, 1.82) is 0 Å². The number of carbonyl (C=O) groups excluding carboxylic acids is 1. The SMILES string of the molecule is Cc1ccc(CC(=O)N(C)Cc2cc(C)on2)cc1. The number of aryl methyl sites for hydroxylation is 2. The molecule has 0 bridgehead atoms. The quantitative estimate of drug-likeness (QED) is 0.846. The van der Waals surface area contributed by atoms with E-state index >= 15 is 0 Å². The van der Waals surface area contributed by atoms with Crippen molar-refractivity contribution in [3.05, 3.63) is 52.9 Å². The van der Waals surface area contributed by atoms with Crippen LogP contribution in [0.4, 0.5) is 0 Å². The van der Waals surface area contributed by atoms with Crippen LogP contribution in [0.1, 0.15) is 22.6 Å². The molecule has 0 spiro atoms. The summed E-state index contributed by atoms with van der Waals surface area (Å²) in [5.74, 6) is 0.832. The van der Waals surface area contributed by atoms with Crippen molar-refractivity contribution < 1.29 is 9.32 Å². The lowest BCUT2D eigenvalue weighted by molar-refractivity contribution is -0.129. The zero-order chi connectivity index (χ0) is 13.8. The van der Waals surface area contributed by atoms with Crippen molar-refractivity contribution in [3.8, 4) is 0 Å². The fraction of sp³-hybridized carbons (Fsp3) is 0.333. The Kier molecular flexibility index (Phi) is 4.00. The Balaban J connectivity index is 1.94. The van der Waals surface area contributed by atoms with Gasteiger partial charge in [-0.1, -0.05) is 35.0 Å². The van der Waals surface area contributed by atoms with Gasteiger partial charge in [0.05, 0.1) is 13.0 Å². The van der Waals surface area contributed by atoms with E-state index in [1.807, 2.05) is 44.2 Å². The number of likely N-dealkylation sites (N-methyl/N-ethyl adjacent to an activating group) is 1. The largest absolute Gasteiger partial charge is 0.361 e. The second kappa shape index (κ2) is 5.69. The molecule has 4 heteroatoms. The van der Waals surface area contributed by atoms with Crippen LogP contribution in [-0.2, 0) is 17.8 Å². The van der Waals surface area contributed by atoms with Gasteiger partial charge in [-0.3, -0.25) is 4.79 Å². The fourth-order valence-electron chi connectivity index (χ4n) is 1.84. The minimum Gasteiger partial charge on any atom is -0.361 e. The Bertz CT molecular complexity index is 558. The molecule has 0 saturated heterocycles. The first-order valence-corrected chi connectivity index (χ1v) is 6.26. The molecule has 2 rings (SSSR count). The Morgan fingerprint density at radius 3 is 2.53 bits per heavy atom. The van der Waals surface area contributed by atoms with Crippen LogP contribution in [0.3, 0.4) is 0 Å². The van der Waals surface area contributed by atoms with Gasteiger partial charge >= 0.3 is 0 Å². The second-order valence-corrected chi connectivity index (χ2v) is 4.84. The number of nitrogens with zero attached hydrogens (tertiary/aromatic N) is 2. The van der Waals surface area contributed by atoms with Crippen LogP contribution >= 0.6 is 0 Å². The third-order valence-electron chi connectivity index (χ3n) is 2.98. The minimum atomic E-state index is 0.0736. The van der Waals surface area contributed by atoms with Gasteiger partial charge in [0.1, 0.15) is 11.5 Å². The Hall–Kier alpha value is -2.10. The van der Waals surface area contributed by atoms with Gasteiger partial charge in [-0.25, -0.2) is 0 Å². The highest BCUT2D eigenvalue weighted by Gasteiger charge is 2.12. The molecule has 2 aromatic rings. The van der Waals surface area contributed by atoms with Crippen LogP contribution in [0, 0.1) is 13.8 Å². The summed E-state index contributed by atoms with van der Waals surface area (Å²) in [7, 11) is 1.78. The van der Waals surface area contributed by atoms with Crippen molar-refractivity contribution >= 4 is 5.91 Å². The summed E-state index contributed by atoms with van der Waals surface area (Å²) in [6.45, 7) is 4.34. The topological polar surface area (TPSA) is 46.3 Å². The van der Waals surface area contributed by atoms with Crippen molar-refractivity contribution in [2.24, 2.45) is 0 Å². The first-order chi connectivity index (χ1) is 9.04. The molecule has 0 saturated carbocycles. The third kappa shape index (κ3) is 3.68. The third-order valence-corrected chi connectivity index (χ3v) is 2.98. The molecule has 0 aliphatic rings. The predicted octanol–water partition coefficient (Wildman–Crippen LogP) is 2.49. The van der Waals surface area contributed by atoms with Gasteiger partial charge in [-0.15, -0.1) is 0 Å². The number of hydrogen-bond donors (Lipinski definition) is 0. The van der Waals surface area contributed by atoms with E-state index in [2.05, 4.69) is 5.16 Å². The molecule has 0 fully saturated rings. The molecule has 1 aromatic carbocycles. The number of hydrogen-bond acceptors (Lipinski definition) is 3. The van der Waals surface area contributed by atoms with E-state index in [4.69, 9.17) is 4.52 Å². The maximum absolute atomic E-state index is 12.1. The molecule has 1 aromatic heterocycles. The van der Waals surface area contributed by atoms with Crippen LogP contribution in [0.5, 0.6) is 0 Å². The summed E-state index contributed by atoms with van der Waals surface area (Å²) >= 11 is 0. The van der Waals surface area contributed by atoms with Gasteiger partial charge in [-0.2, -0.15) is 0 Å². The maximum atomic E-state index is 12.1. The second-order valence-electron chi connectivity index (χ2n) is 4.84. The standard InChI is InChI=1S/C15H18N2O2/c1-11-4-6-13(7-5-11)9-15(18)17(3)10-14-8-12(2)19-16-14/h4-8H,9-10H2,1-3H3.